The summed E-state index contributed by atoms with van der Waals surface area (Å²) in [7, 11) is 0. The third-order valence-corrected chi connectivity index (χ3v) is 3.95. The monoisotopic (exact) mass is 414 g/mol. The number of carbonyl (C=O) groups is 3. The number of rotatable bonds is 13. The van der Waals surface area contributed by atoms with E-state index in [-0.39, 0.29) is 6.09 Å². The summed E-state index contributed by atoms with van der Waals surface area (Å²) in [4.78, 5) is 36.2. The molecule has 0 aromatic carbocycles. The van der Waals surface area contributed by atoms with Gasteiger partial charge in [-0.05, 0) is 54.4 Å². The first-order valence-corrected chi connectivity index (χ1v) is 10.8. The predicted molar refractivity (Wildman–Crippen MR) is 115 cm³/mol. The minimum atomic E-state index is -0.560. The Labute approximate surface area is 176 Å². The Morgan fingerprint density at radius 3 is 1.83 bits per heavy atom. The molecule has 0 saturated carbocycles. The molecule has 0 heterocycles. The summed E-state index contributed by atoms with van der Waals surface area (Å²) in [6.45, 7) is 12.2. The number of unbranched alkanes of at least 4 members (excludes halogenated alkanes) is 7. The fraction of sp³-hybridized carbons (Fsp3) is 0.864. The van der Waals surface area contributed by atoms with Crippen LogP contribution in [0.2, 0.25) is 0 Å². The van der Waals surface area contributed by atoms with Crippen LogP contribution in [-0.2, 0) is 14.3 Å². The van der Waals surface area contributed by atoms with Gasteiger partial charge in [0.2, 0.25) is 0 Å². The molecule has 0 unspecified atom stereocenters. The van der Waals surface area contributed by atoms with E-state index < -0.39 is 17.3 Å². The molecule has 170 valence electrons. The highest BCUT2D eigenvalue weighted by Crippen LogP contribution is 2.12. The average molecular weight is 415 g/mol. The molecule has 0 saturated heterocycles. The van der Waals surface area contributed by atoms with E-state index >= 15 is 0 Å². The molecule has 1 N–H and O–H groups in total. The number of hydrogen-bond acceptors (Lipinski definition) is 5. The number of alkyl carbamates (subject to hydrolysis) is 1. The zero-order valence-corrected chi connectivity index (χ0v) is 19.3. The lowest BCUT2D eigenvalue weighted by Crippen LogP contribution is -2.42. The number of nitrogens with zero attached hydrogens (tertiary/aromatic N) is 1. The van der Waals surface area contributed by atoms with Gasteiger partial charge in [-0.3, -0.25) is 0 Å². The Bertz CT molecular complexity index is 481. The molecule has 2 amide bonds. The number of nitrogens with one attached hydrogen (secondary N) is 1. The van der Waals surface area contributed by atoms with Gasteiger partial charge in [0.1, 0.15) is 17.5 Å². The topological polar surface area (TPSA) is 84.9 Å². The summed E-state index contributed by atoms with van der Waals surface area (Å²) in [6, 6.07) is 0. The van der Waals surface area contributed by atoms with Crippen molar-refractivity contribution in [2.45, 2.75) is 104 Å². The number of ether oxygens (including phenoxy) is 2. The second-order valence-electron chi connectivity index (χ2n) is 9.33. The van der Waals surface area contributed by atoms with Gasteiger partial charge >= 0.3 is 12.2 Å². The highest BCUT2D eigenvalue weighted by Gasteiger charge is 2.22. The summed E-state index contributed by atoms with van der Waals surface area (Å²) in [5.41, 5.74) is -1.11. The van der Waals surface area contributed by atoms with Crippen molar-refractivity contribution >= 4 is 18.5 Å². The van der Waals surface area contributed by atoms with Gasteiger partial charge < -0.3 is 24.5 Å². The van der Waals surface area contributed by atoms with Crippen LogP contribution in [0.4, 0.5) is 9.59 Å². The third-order valence-electron chi connectivity index (χ3n) is 3.95. The molecule has 7 heteroatoms. The van der Waals surface area contributed by atoms with Gasteiger partial charge in [0.25, 0.3) is 0 Å². The number of aldehydes is 1. The third kappa shape index (κ3) is 18.0. The van der Waals surface area contributed by atoms with Crippen LogP contribution in [0.15, 0.2) is 0 Å². The summed E-state index contributed by atoms with van der Waals surface area (Å²) in [5, 5.41) is 2.69. The summed E-state index contributed by atoms with van der Waals surface area (Å²) in [5.74, 6) is 0. The van der Waals surface area contributed by atoms with Crippen LogP contribution >= 0.6 is 0 Å². The van der Waals surface area contributed by atoms with E-state index in [9.17, 15) is 14.4 Å². The Kier molecular flexibility index (Phi) is 13.4. The zero-order chi connectivity index (χ0) is 22.3. The normalized spacial score (nSPS) is 11.7. The van der Waals surface area contributed by atoms with E-state index in [2.05, 4.69) is 5.32 Å². The molecular weight excluding hydrogens is 372 g/mol. The Hall–Kier alpha value is -1.79. The van der Waals surface area contributed by atoms with E-state index in [0.717, 1.165) is 51.2 Å². The van der Waals surface area contributed by atoms with Crippen LogP contribution in [0.1, 0.15) is 92.9 Å². The molecular formula is C22H42N2O5. The highest BCUT2D eigenvalue weighted by molar-refractivity contribution is 5.69. The number of hydrogen-bond donors (Lipinski definition) is 1. The van der Waals surface area contributed by atoms with Gasteiger partial charge in [-0.2, -0.15) is 0 Å². The first-order valence-electron chi connectivity index (χ1n) is 10.8. The molecule has 0 aliphatic carbocycles. The SMILES string of the molecule is CC(C)(C)OC(=O)NCCN(CCCCCCCCCC=O)C(=O)OC(C)(C)C. The molecule has 0 aliphatic heterocycles. The summed E-state index contributed by atoms with van der Waals surface area (Å²) in [6.07, 6.45) is 8.17. The van der Waals surface area contributed by atoms with Crippen molar-refractivity contribution in [3.8, 4) is 0 Å². The van der Waals surface area contributed by atoms with Gasteiger partial charge in [-0.15, -0.1) is 0 Å². The van der Waals surface area contributed by atoms with Crippen LogP contribution < -0.4 is 5.32 Å². The minimum absolute atomic E-state index is 0.310. The fourth-order valence-electron chi connectivity index (χ4n) is 2.64. The van der Waals surface area contributed by atoms with Crippen LogP contribution in [0.3, 0.4) is 0 Å². The molecule has 0 rings (SSSR count). The lowest BCUT2D eigenvalue weighted by Gasteiger charge is -2.28. The van der Waals surface area contributed by atoms with Gasteiger partial charge in [0.05, 0.1) is 0 Å². The molecule has 7 nitrogen and oxygen atoms in total. The highest BCUT2D eigenvalue weighted by atomic mass is 16.6. The Balaban J connectivity index is 4.29. The lowest BCUT2D eigenvalue weighted by atomic mass is 10.1. The maximum absolute atomic E-state index is 12.5. The molecule has 0 fully saturated rings. The largest absolute Gasteiger partial charge is 0.444 e. The van der Waals surface area contributed by atoms with Crippen molar-refractivity contribution in [3.63, 3.8) is 0 Å². The van der Waals surface area contributed by atoms with E-state index in [1.165, 1.54) is 0 Å². The number of carbonyl (C=O) groups excluding carboxylic acids is 3. The van der Waals surface area contributed by atoms with Gasteiger partial charge in [-0.25, -0.2) is 9.59 Å². The van der Waals surface area contributed by atoms with E-state index in [0.29, 0.717) is 26.1 Å². The Morgan fingerprint density at radius 1 is 0.793 bits per heavy atom. The van der Waals surface area contributed by atoms with Crippen LogP contribution in [0.25, 0.3) is 0 Å². The second kappa shape index (κ2) is 14.2. The summed E-state index contributed by atoms with van der Waals surface area (Å²) >= 11 is 0. The first-order chi connectivity index (χ1) is 13.4. The standard InChI is InChI=1S/C22H42N2O5/c1-21(2,3)28-19(26)23-15-17-24(20(27)29-22(4,5)6)16-13-11-9-7-8-10-12-14-18-25/h18H,7-17H2,1-6H3,(H,23,26). The summed E-state index contributed by atoms with van der Waals surface area (Å²) < 4.78 is 10.7. The zero-order valence-electron chi connectivity index (χ0n) is 19.3. The average Bonchev–Trinajstić information content (AvgIpc) is 2.55. The molecule has 0 atom stereocenters. The molecule has 29 heavy (non-hydrogen) atoms. The van der Waals surface area contributed by atoms with Crippen LogP contribution in [0, 0.1) is 0 Å². The number of amides is 2. The molecule has 0 bridgehead atoms. The predicted octanol–water partition coefficient (Wildman–Crippen LogP) is 5.07. The van der Waals surface area contributed by atoms with Crippen LogP contribution in [-0.4, -0.2) is 54.2 Å². The van der Waals surface area contributed by atoms with Gasteiger partial charge in [-0.1, -0.05) is 32.1 Å². The van der Waals surface area contributed by atoms with Crippen molar-refractivity contribution in [1.82, 2.24) is 10.2 Å². The molecule has 0 aromatic heterocycles. The van der Waals surface area contributed by atoms with Crippen molar-refractivity contribution < 1.29 is 23.9 Å². The van der Waals surface area contributed by atoms with Crippen LogP contribution in [0.5, 0.6) is 0 Å². The molecule has 0 radical (unpaired) electrons. The van der Waals surface area contributed by atoms with E-state index in [1.807, 2.05) is 41.5 Å². The lowest BCUT2D eigenvalue weighted by molar-refractivity contribution is -0.107. The maximum atomic E-state index is 12.5. The fourth-order valence-corrected chi connectivity index (χ4v) is 2.64. The van der Waals surface area contributed by atoms with Gasteiger partial charge in [0.15, 0.2) is 0 Å². The quantitative estimate of drug-likeness (QED) is 0.336. The van der Waals surface area contributed by atoms with Crippen molar-refractivity contribution in [2.24, 2.45) is 0 Å². The first kappa shape index (κ1) is 27.2. The molecule has 0 aliphatic rings. The van der Waals surface area contributed by atoms with Gasteiger partial charge in [0, 0.05) is 26.1 Å². The maximum Gasteiger partial charge on any atom is 0.410 e. The molecule has 0 spiro atoms. The minimum Gasteiger partial charge on any atom is -0.444 e. The Morgan fingerprint density at radius 2 is 1.31 bits per heavy atom. The van der Waals surface area contributed by atoms with Crippen molar-refractivity contribution in [1.29, 1.82) is 0 Å². The second-order valence-corrected chi connectivity index (χ2v) is 9.33. The van der Waals surface area contributed by atoms with Crippen molar-refractivity contribution in [3.05, 3.63) is 0 Å². The smallest absolute Gasteiger partial charge is 0.410 e. The molecule has 0 aromatic rings. The van der Waals surface area contributed by atoms with Crippen molar-refractivity contribution in [2.75, 3.05) is 19.6 Å². The van der Waals surface area contributed by atoms with E-state index in [1.54, 1.807) is 4.90 Å². The van der Waals surface area contributed by atoms with E-state index in [4.69, 9.17) is 9.47 Å².